The molecule has 3 heterocycles. The maximum atomic E-state index is 12.8. The van der Waals surface area contributed by atoms with Gasteiger partial charge < -0.3 is 14.0 Å². The first-order valence-electron chi connectivity index (χ1n) is 9.03. The van der Waals surface area contributed by atoms with E-state index >= 15 is 0 Å². The van der Waals surface area contributed by atoms with Gasteiger partial charge in [-0.25, -0.2) is 4.98 Å². The lowest BCUT2D eigenvalue weighted by molar-refractivity contribution is -0.130. The van der Waals surface area contributed by atoms with Gasteiger partial charge in [-0.15, -0.1) is 0 Å². The molecule has 6 heteroatoms. The normalized spacial score (nSPS) is 14.3. The zero-order valence-electron chi connectivity index (χ0n) is 14.9. The number of aryl methyl sites for hydroxylation is 2. The molecule has 4 rings (SSSR count). The van der Waals surface area contributed by atoms with Crippen LogP contribution < -0.4 is 5.56 Å². The van der Waals surface area contributed by atoms with Gasteiger partial charge in [0.05, 0.1) is 11.1 Å². The fourth-order valence-electron chi connectivity index (χ4n) is 3.66. The second-order valence-electron chi connectivity index (χ2n) is 6.76. The van der Waals surface area contributed by atoms with Gasteiger partial charge in [-0.2, -0.15) is 0 Å². The van der Waals surface area contributed by atoms with Crippen LogP contribution in [0.5, 0.6) is 0 Å². The Hall–Kier alpha value is -2.89. The first kappa shape index (κ1) is 16.6. The Balaban J connectivity index is 1.64. The summed E-state index contributed by atoms with van der Waals surface area (Å²) in [5, 5.41) is 0.993. The molecule has 3 aromatic rings. The molecule has 6 nitrogen and oxygen atoms in total. The summed E-state index contributed by atoms with van der Waals surface area (Å²) in [6, 6.07) is 9.69. The molecule has 1 aliphatic rings. The van der Waals surface area contributed by atoms with E-state index in [2.05, 4.69) is 4.98 Å². The van der Waals surface area contributed by atoms with Gasteiger partial charge in [0.1, 0.15) is 5.82 Å². The van der Waals surface area contributed by atoms with E-state index in [9.17, 15) is 9.59 Å². The average Bonchev–Trinajstić information content (AvgIpc) is 3.34. The molecule has 0 aliphatic carbocycles. The van der Waals surface area contributed by atoms with E-state index in [1.165, 1.54) is 0 Å². The quantitative estimate of drug-likeness (QED) is 0.726. The van der Waals surface area contributed by atoms with Crippen LogP contribution in [-0.4, -0.2) is 38.0 Å². The number of fused-ring (bicyclic) bond motifs is 1. The highest BCUT2D eigenvalue weighted by molar-refractivity contribution is 5.83. The summed E-state index contributed by atoms with van der Waals surface area (Å²) < 4.78 is 3.55. The summed E-state index contributed by atoms with van der Waals surface area (Å²) >= 11 is 0. The van der Waals surface area contributed by atoms with Crippen LogP contribution >= 0.6 is 0 Å². The number of rotatable bonds is 4. The van der Waals surface area contributed by atoms with Crippen molar-refractivity contribution in [2.24, 2.45) is 7.05 Å². The Morgan fingerprint density at radius 1 is 1.19 bits per heavy atom. The van der Waals surface area contributed by atoms with Gasteiger partial charge in [0.15, 0.2) is 0 Å². The van der Waals surface area contributed by atoms with Crippen molar-refractivity contribution in [3.63, 3.8) is 0 Å². The summed E-state index contributed by atoms with van der Waals surface area (Å²) in [4.78, 5) is 31.4. The number of para-hydroxylation sites is 1. The maximum absolute atomic E-state index is 12.8. The summed E-state index contributed by atoms with van der Waals surface area (Å²) in [7, 11) is 1.78. The molecule has 1 fully saturated rings. The van der Waals surface area contributed by atoms with Crippen LogP contribution in [0, 0.1) is 0 Å². The molecule has 26 heavy (non-hydrogen) atoms. The molecule has 0 saturated carbocycles. The van der Waals surface area contributed by atoms with E-state index in [0.717, 1.165) is 36.8 Å². The first-order valence-corrected chi connectivity index (χ1v) is 9.03. The van der Waals surface area contributed by atoms with Crippen molar-refractivity contribution < 1.29 is 4.79 Å². The van der Waals surface area contributed by atoms with E-state index in [1.807, 2.05) is 46.0 Å². The van der Waals surface area contributed by atoms with Gasteiger partial charge in [0.25, 0.3) is 5.56 Å². The molecule has 2 aromatic heterocycles. The predicted molar refractivity (Wildman–Crippen MR) is 101 cm³/mol. The van der Waals surface area contributed by atoms with Crippen LogP contribution in [0.15, 0.2) is 47.5 Å². The van der Waals surface area contributed by atoms with Crippen molar-refractivity contribution in [2.75, 3.05) is 13.1 Å². The largest absolute Gasteiger partial charge is 0.343 e. The molecule has 0 N–H and O–H groups in total. The third-order valence-electron chi connectivity index (χ3n) is 5.11. The van der Waals surface area contributed by atoms with Crippen molar-refractivity contribution in [1.29, 1.82) is 0 Å². The van der Waals surface area contributed by atoms with Gasteiger partial charge in [-0.3, -0.25) is 9.59 Å². The van der Waals surface area contributed by atoms with Gasteiger partial charge in [0.2, 0.25) is 5.91 Å². The number of likely N-dealkylation sites (tertiary alicyclic amines) is 1. The van der Waals surface area contributed by atoms with Gasteiger partial charge in [0, 0.05) is 45.5 Å². The number of hydrogen-bond donors (Lipinski definition) is 0. The maximum Gasteiger partial charge on any atom is 0.261 e. The summed E-state index contributed by atoms with van der Waals surface area (Å²) in [6.07, 6.45) is 6.13. The second kappa shape index (κ2) is 6.78. The zero-order chi connectivity index (χ0) is 18.1. The van der Waals surface area contributed by atoms with Crippen LogP contribution in [0.1, 0.15) is 19.3 Å². The van der Waals surface area contributed by atoms with Crippen molar-refractivity contribution >= 4 is 16.8 Å². The average molecular weight is 350 g/mol. The fourth-order valence-corrected chi connectivity index (χ4v) is 3.66. The summed E-state index contributed by atoms with van der Waals surface area (Å²) in [5.41, 5.74) is 1.37. The SMILES string of the molecule is Cn1c(=O)c(-c2nccn2CCC(=O)N2CCCC2)cc2ccccc21. The molecule has 0 atom stereocenters. The Labute approximate surface area is 151 Å². The molecule has 0 radical (unpaired) electrons. The van der Waals surface area contributed by atoms with E-state index < -0.39 is 0 Å². The third kappa shape index (κ3) is 2.92. The smallest absolute Gasteiger partial charge is 0.261 e. The Morgan fingerprint density at radius 2 is 1.96 bits per heavy atom. The van der Waals surface area contributed by atoms with Crippen LogP contribution in [0.4, 0.5) is 0 Å². The number of carbonyl (C=O) groups is 1. The number of benzene rings is 1. The minimum Gasteiger partial charge on any atom is -0.343 e. The standard InChI is InChI=1S/C20H22N4O2/c1-22-17-7-3-2-6-15(17)14-16(20(22)26)19-21-9-13-24(19)12-8-18(25)23-10-4-5-11-23/h2-3,6-7,9,13-14H,4-5,8,10-12H2,1H3. The molecule has 1 amide bonds. The monoisotopic (exact) mass is 350 g/mol. The van der Waals surface area contributed by atoms with Gasteiger partial charge in [-0.1, -0.05) is 18.2 Å². The molecule has 0 bridgehead atoms. The minimum atomic E-state index is -0.0815. The predicted octanol–water partition coefficient (Wildman–Crippen LogP) is 2.41. The number of carbonyl (C=O) groups excluding carboxylic acids is 1. The molecule has 134 valence electrons. The molecular formula is C20H22N4O2. The van der Waals surface area contributed by atoms with E-state index in [0.29, 0.717) is 24.4 Å². The second-order valence-corrected chi connectivity index (χ2v) is 6.76. The van der Waals surface area contributed by atoms with Gasteiger partial charge >= 0.3 is 0 Å². The van der Waals surface area contributed by atoms with E-state index in [1.54, 1.807) is 17.8 Å². The number of imidazole rings is 1. The fraction of sp³-hybridized carbons (Fsp3) is 0.350. The minimum absolute atomic E-state index is 0.0815. The topological polar surface area (TPSA) is 60.1 Å². The van der Waals surface area contributed by atoms with Gasteiger partial charge in [-0.05, 0) is 30.4 Å². The van der Waals surface area contributed by atoms with Crippen LogP contribution in [-0.2, 0) is 18.4 Å². The first-order chi connectivity index (χ1) is 12.6. The number of nitrogens with zero attached hydrogens (tertiary/aromatic N) is 4. The van der Waals surface area contributed by atoms with E-state index in [4.69, 9.17) is 0 Å². The molecule has 1 saturated heterocycles. The van der Waals surface area contributed by atoms with Crippen molar-refractivity contribution in [1.82, 2.24) is 19.0 Å². The van der Waals surface area contributed by atoms with Crippen LogP contribution in [0.3, 0.4) is 0 Å². The lowest BCUT2D eigenvalue weighted by atomic mass is 10.1. The highest BCUT2D eigenvalue weighted by Crippen LogP contribution is 2.20. The number of pyridine rings is 1. The van der Waals surface area contributed by atoms with Crippen molar-refractivity contribution in [2.45, 2.75) is 25.8 Å². The number of aromatic nitrogens is 3. The third-order valence-corrected chi connectivity index (χ3v) is 5.11. The molecular weight excluding hydrogens is 328 g/mol. The molecule has 1 aliphatic heterocycles. The highest BCUT2D eigenvalue weighted by atomic mass is 16.2. The Morgan fingerprint density at radius 3 is 2.77 bits per heavy atom. The van der Waals surface area contributed by atoms with Crippen LogP contribution in [0.2, 0.25) is 0 Å². The Bertz CT molecular complexity index is 1010. The van der Waals surface area contributed by atoms with Crippen molar-refractivity contribution in [3.05, 3.63) is 53.1 Å². The number of amides is 1. The lowest BCUT2D eigenvalue weighted by Gasteiger charge is -2.16. The van der Waals surface area contributed by atoms with E-state index in [-0.39, 0.29) is 11.5 Å². The lowest BCUT2D eigenvalue weighted by Crippen LogP contribution is -2.28. The van der Waals surface area contributed by atoms with Crippen LogP contribution in [0.25, 0.3) is 22.3 Å². The molecule has 0 spiro atoms. The van der Waals surface area contributed by atoms with Crippen molar-refractivity contribution in [3.8, 4) is 11.4 Å². The summed E-state index contributed by atoms with van der Waals surface area (Å²) in [6.45, 7) is 2.25. The summed E-state index contributed by atoms with van der Waals surface area (Å²) in [5.74, 6) is 0.791. The Kier molecular flexibility index (Phi) is 4.32. The molecule has 0 unspecified atom stereocenters. The molecule has 1 aromatic carbocycles. The highest BCUT2D eigenvalue weighted by Gasteiger charge is 2.19. The number of hydrogen-bond acceptors (Lipinski definition) is 3. The zero-order valence-corrected chi connectivity index (χ0v) is 14.9.